The lowest BCUT2D eigenvalue weighted by atomic mass is 10.3. The summed E-state index contributed by atoms with van der Waals surface area (Å²) < 4.78 is 5.69. The first-order valence-corrected chi connectivity index (χ1v) is 5.19. The maximum atomic E-state index is 5.69. The third-order valence-corrected chi connectivity index (χ3v) is 2.26. The van der Waals surface area contributed by atoms with Crippen molar-refractivity contribution >= 4 is 5.69 Å². The molecular formula is C13H14N2O. The highest BCUT2D eigenvalue weighted by Crippen LogP contribution is 2.23. The van der Waals surface area contributed by atoms with Crippen molar-refractivity contribution in [2.45, 2.75) is 6.61 Å². The van der Waals surface area contributed by atoms with Gasteiger partial charge in [0, 0.05) is 13.2 Å². The average Bonchev–Trinajstić information content (AvgIpc) is 2.38. The van der Waals surface area contributed by atoms with Crippen molar-refractivity contribution in [3.63, 3.8) is 0 Å². The fourth-order valence-corrected chi connectivity index (χ4v) is 1.43. The minimum Gasteiger partial charge on any atom is -0.485 e. The van der Waals surface area contributed by atoms with E-state index in [1.807, 2.05) is 49.5 Å². The van der Waals surface area contributed by atoms with E-state index in [0.717, 1.165) is 17.1 Å². The van der Waals surface area contributed by atoms with Gasteiger partial charge in [-0.1, -0.05) is 18.2 Å². The summed E-state index contributed by atoms with van der Waals surface area (Å²) in [6, 6.07) is 13.6. The third kappa shape index (κ3) is 2.51. The van der Waals surface area contributed by atoms with Gasteiger partial charge in [-0.3, -0.25) is 4.98 Å². The lowest BCUT2D eigenvalue weighted by Gasteiger charge is -2.10. The lowest BCUT2D eigenvalue weighted by Crippen LogP contribution is -2.00. The number of anilines is 1. The van der Waals surface area contributed by atoms with Gasteiger partial charge in [0.05, 0.1) is 11.4 Å². The van der Waals surface area contributed by atoms with E-state index in [9.17, 15) is 0 Å². The van der Waals surface area contributed by atoms with Crippen LogP contribution < -0.4 is 10.1 Å². The minimum absolute atomic E-state index is 0.486. The number of rotatable bonds is 4. The molecule has 1 heterocycles. The van der Waals surface area contributed by atoms with E-state index in [1.165, 1.54) is 0 Å². The van der Waals surface area contributed by atoms with Gasteiger partial charge in [-0.15, -0.1) is 0 Å². The number of aromatic nitrogens is 1. The molecule has 1 N–H and O–H groups in total. The number of nitrogens with zero attached hydrogens (tertiary/aromatic N) is 1. The van der Waals surface area contributed by atoms with E-state index in [2.05, 4.69) is 10.3 Å². The number of hydrogen-bond acceptors (Lipinski definition) is 3. The topological polar surface area (TPSA) is 34.1 Å². The highest BCUT2D eigenvalue weighted by Gasteiger charge is 2.01. The van der Waals surface area contributed by atoms with Gasteiger partial charge in [0.15, 0.2) is 0 Å². The maximum Gasteiger partial charge on any atom is 0.142 e. The summed E-state index contributed by atoms with van der Waals surface area (Å²) in [6.07, 6.45) is 1.77. The number of para-hydroxylation sites is 2. The third-order valence-electron chi connectivity index (χ3n) is 2.26. The fourth-order valence-electron chi connectivity index (χ4n) is 1.43. The first-order valence-electron chi connectivity index (χ1n) is 5.19. The van der Waals surface area contributed by atoms with Gasteiger partial charge >= 0.3 is 0 Å². The molecule has 0 bridgehead atoms. The van der Waals surface area contributed by atoms with E-state index in [4.69, 9.17) is 4.74 Å². The molecule has 0 saturated heterocycles. The molecule has 0 fully saturated rings. The second kappa shape index (κ2) is 5.16. The molecule has 0 radical (unpaired) electrons. The molecule has 2 rings (SSSR count). The highest BCUT2D eigenvalue weighted by atomic mass is 16.5. The van der Waals surface area contributed by atoms with E-state index in [0.29, 0.717) is 6.61 Å². The Kier molecular flexibility index (Phi) is 3.38. The minimum atomic E-state index is 0.486. The van der Waals surface area contributed by atoms with Crippen molar-refractivity contribution in [1.82, 2.24) is 4.98 Å². The summed E-state index contributed by atoms with van der Waals surface area (Å²) in [5.74, 6) is 0.843. The molecule has 82 valence electrons. The summed E-state index contributed by atoms with van der Waals surface area (Å²) in [4.78, 5) is 4.20. The Bertz CT molecular complexity index is 443. The summed E-state index contributed by atoms with van der Waals surface area (Å²) in [7, 11) is 1.88. The van der Waals surface area contributed by atoms with Crippen LogP contribution in [0, 0.1) is 0 Å². The van der Waals surface area contributed by atoms with Crippen molar-refractivity contribution in [3.8, 4) is 5.75 Å². The SMILES string of the molecule is CNc1ccccc1OCc1ccccn1. The Morgan fingerprint density at radius 1 is 1.12 bits per heavy atom. The lowest BCUT2D eigenvalue weighted by molar-refractivity contribution is 0.303. The zero-order valence-electron chi connectivity index (χ0n) is 9.18. The van der Waals surface area contributed by atoms with Gasteiger partial charge in [-0.2, -0.15) is 0 Å². The van der Waals surface area contributed by atoms with Crippen molar-refractivity contribution in [1.29, 1.82) is 0 Å². The van der Waals surface area contributed by atoms with E-state index < -0.39 is 0 Å². The highest BCUT2D eigenvalue weighted by molar-refractivity contribution is 5.55. The quantitative estimate of drug-likeness (QED) is 0.849. The van der Waals surface area contributed by atoms with Crippen LogP contribution in [0.1, 0.15) is 5.69 Å². The second-order valence-electron chi connectivity index (χ2n) is 3.36. The second-order valence-corrected chi connectivity index (χ2v) is 3.36. The predicted octanol–water partition coefficient (Wildman–Crippen LogP) is 2.70. The number of benzene rings is 1. The summed E-state index contributed by atoms with van der Waals surface area (Å²) in [5, 5.41) is 3.09. The first kappa shape index (κ1) is 10.5. The zero-order valence-corrected chi connectivity index (χ0v) is 9.18. The van der Waals surface area contributed by atoms with Gasteiger partial charge in [-0.05, 0) is 24.3 Å². The Morgan fingerprint density at radius 2 is 1.94 bits per heavy atom. The number of hydrogen-bond donors (Lipinski definition) is 1. The Hall–Kier alpha value is -2.03. The first-order chi connectivity index (χ1) is 7.90. The Morgan fingerprint density at radius 3 is 2.69 bits per heavy atom. The maximum absolute atomic E-state index is 5.69. The molecule has 1 aromatic carbocycles. The average molecular weight is 214 g/mol. The predicted molar refractivity (Wildman–Crippen MR) is 64.6 cm³/mol. The summed E-state index contributed by atoms with van der Waals surface area (Å²) in [6.45, 7) is 0.486. The molecule has 0 aliphatic heterocycles. The smallest absolute Gasteiger partial charge is 0.142 e. The van der Waals surface area contributed by atoms with E-state index in [-0.39, 0.29) is 0 Å². The molecule has 0 aliphatic carbocycles. The molecule has 0 saturated carbocycles. The van der Waals surface area contributed by atoms with Gasteiger partial charge in [0.25, 0.3) is 0 Å². The van der Waals surface area contributed by atoms with Crippen LogP contribution in [-0.4, -0.2) is 12.0 Å². The normalized spacial score (nSPS) is 9.81. The van der Waals surface area contributed by atoms with Crippen LogP contribution in [0.3, 0.4) is 0 Å². The molecule has 0 spiro atoms. The van der Waals surface area contributed by atoms with Crippen LogP contribution >= 0.6 is 0 Å². The Balaban J connectivity index is 2.05. The zero-order chi connectivity index (χ0) is 11.2. The molecule has 3 heteroatoms. The molecular weight excluding hydrogens is 200 g/mol. The fraction of sp³-hybridized carbons (Fsp3) is 0.154. The van der Waals surface area contributed by atoms with Crippen LogP contribution in [-0.2, 0) is 6.61 Å². The number of nitrogens with one attached hydrogen (secondary N) is 1. The van der Waals surface area contributed by atoms with Crippen LogP contribution in [0.5, 0.6) is 5.75 Å². The molecule has 0 atom stereocenters. The number of ether oxygens (including phenoxy) is 1. The molecule has 0 aliphatic rings. The van der Waals surface area contributed by atoms with Crippen molar-refractivity contribution < 1.29 is 4.74 Å². The molecule has 2 aromatic rings. The molecule has 0 unspecified atom stereocenters. The molecule has 1 aromatic heterocycles. The molecule has 0 amide bonds. The largest absolute Gasteiger partial charge is 0.485 e. The molecule has 16 heavy (non-hydrogen) atoms. The van der Waals surface area contributed by atoms with Crippen LogP contribution in [0.2, 0.25) is 0 Å². The number of pyridine rings is 1. The van der Waals surface area contributed by atoms with E-state index >= 15 is 0 Å². The van der Waals surface area contributed by atoms with Gasteiger partial charge in [-0.25, -0.2) is 0 Å². The summed E-state index contributed by atoms with van der Waals surface area (Å²) >= 11 is 0. The van der Waals surface area contributed by atoms with Gasteiger partial charge in [0.2, 0.25) is 0 Å². The standard InChI is InChI=1S/C13H14N2O/c1-14-12-7-2-3-8-13(12)16-10-11-6-4-5-9-15-11/h2-9,14H,10H2,1H3. The van der Waals surface area contributed by atoms with Crippen molar-refractivity contribution in [2.75, 3.05) is 12.4 Å². The summed E-state index contributed by atoms with van der Waals surface area (Å²) in [5.41, 5.74) is 1.91. The van der Waals surface area contributed by atoms with Gasteiger partial charge < -0.3 is 10.1 Å². The molecule has 3 nitrogen and oxygen atoms in total. The Labute approximate surface area is 95.1 Å². The van der Waals surface area contributed by atoms with Crippen LogP contribution in [0.25, 0.3) is 0 Å². The van der Waals surface area contributed by atoms with Crippen molar-refractivity contribution in [2.24, 2.45) is 0 Å². The van der Waals surface area contributed by atoms with E-state index in [1.54, 1.807) is 6.20 Å². The monoisotopic (exact) mass is 214 g/mol. The van der Waals surface area contributed by atoms with Gasteiger partial charge in [0.1, 0.15) is 12.4 Å². The van der Waals surface area contributed by atoms with Crippen LogP contribution in [0.15, 0.2) is 48.7 Å². The van der Waals surface area contributed by atoms with Crippen LogP contribution in [0.4, 0.5) is 5.69 Å². The van der Waals surface area contributed by atoms with Crippen molar-refractivity contribution in [3.05, 3.63) is 54.4 Å².